The Bertz CT molecular complexity index is 905. The second kappa shape index (κ2) is 3.63. The van der Waals surface area contributed by atoms with Crippen LogP contribution >= 0.6 is 0 Å². The lowest BCUT2D eigenvalue weighted by Crippen LogP contribution is -2.21. The lowest BCUT2D eigenvalue weighted by Gasteiger charge is -2.16. The number of carbonyl (C=O) groups is 2. The minimum Gasteiger partial charge on any atom is -0.360 e. The summed E-state index contributed by atoms with van der Waals surface area (Å²) in [6.07, 6.45) is 0. The van der Waals surface area contributed by atoms with Gasteiger partial charge in [0.1, 0.15) is 11.3 Å². The minimum absolute atomic E-state index is 0.141. The molecule has 3 aromatic rings. The SMILES string of the molecule is Cc1onc2c3c(ccc12)C(=O)c1ccccc1C3=O. The Morgan fingerprint density at radius 2 is 1.60 bits per heavy atom. The molecule has 0 saturated heterocycles. The Labute approximate surface area is 114 Å². The Balaban J connectivity index is 2.13. The Kier molecular flexibility index (Phi) is 2.02. The first-order chi connectivity index (χ1) is 9.68. The first kappa shape index (κ1) is 11.1. The molecule has 4 heteroatoms. The van der Waals surface area contributed by atoms with Crippen molar-refractivity contribution in [2.75, 3.05) is 0 Å². The van der Waals surface area contributed by atoms with Gasteiger partial charge in [-0.3, -0.25) is 9.59 Å². The van der Waals surface area contributed by atoms with E-state index in [2.05, 4.69) is 5.16 Å². The summed E-state index contributed by atoms with van der Waals surface area (Å²) in [4.78, 5) is 25.1. The van der Waals surface area contributed by atoms with Gasteiger partial charge in [-0.15, -0.1) is 0 Å². The molecule has 1 aliphatic rings. The molecule has 4 rings (SSSR count). The Hall–Kier alpha value is -2.75. The number of aryl methyl sites for hydroxylation is 1. The minimum atomic E-state index is -0.172. The van der Waals surface area contributed by atoms with Crippen LogP contribution < -0.4 is 0 Å². The van der Waals surface area contributed by atoms with Gasteiger partial charge < -0.3 is 4.52 Å². The van der Waals surface area contributed by atoms with Crippen LogP contribution in [-0.2, 0) is 0 Å². The quantitative estimate of drug-likeness (QED) is 0.489. The van der Waals surface area contributed by atoms with Crippen LogP contribution in [0.15, 0.2) is 40.9 Å². The number of fused-ring (bicyclic) bond motifs is 4. The van der Waals surface area contributed by atoms with Crippen molar-refractivity contribution in [1.29, 1.82) is 0 Å². The van der Waals surface area contributed by atoms with Gasteiger partial charge >= 0.3 is 0 Å². The van der Waals surface area contributed by atoms with E-state index in [9.17, 15) is 9.59 Å². The number of nitrogens with zero attached hydrogens (tertiary/aromatic N) is 1. The van der Waals surface area contributed by atoms with E-state index in [1.54, 1.807) is 43.3 Å². The fourth-order valence-electron chi connectivity index (χ4n) is 2.71. The molecule has 0 fully saturated rings. The van der Waals surface area contributed by atoms with Crippen molar-refractivity contribution in [3.63, 3.8) is 0 Å². The van der Waals surface area contributed by atoms with Crippen molar-refractivity contribution in [3.8, 4) is 0 Å². The highest BCUT2D eigenvalue weighted by Gasteiger charge is 2.32. The van der Waals surface area contributed by atoms with Gasteiger partial charge in [0.2, 0.25) is 0 Å². The van der Waals surface area contributed by atoms with Crippen LogP contribution in [-0.4, -0.2) is 16.7 Å². The maximum atomic E-state index is 12.6. The highest BCUT2D eigenvalue weighted by Crippen LogP contribution is 2.32. The molecule has 1 aliphatic carbocycles. The third-order valence-corrected chi connectivity index (χ3v) is 3.72. The van der Waals surface area contributed by atoms with Crippen molar-refractivity contribution in [2.24, 2.45) is 0 Å². The first-order valence-corrected chi connectivity index (χ1v) is 6.26. The average Bonchev–Trinajstić information content (AvgIpc) is 2.86. The summed E-state index contributed by atoms with van der Waals surface area (Å²) in [6, 6.07) is 10.3. The van der Waals surface area contributed by atoms with Gasteiger partial charge in [-0.2, -0.15) is 0 Å². The highest BCUT2D eigenvalue weighted by atomic mass is 16.5. The number of hydrogen-bond donors (Lipinski definition) is 0. The monoisotopic (exact) mass is 263 g/mol. The van der Waals surface area contributed by atoms with Gasteiger partial charge in [0.15, 0.2) is 11.6 Å². The Morgan fingerprint density at radius 1 is 0.900 bits per heavy atom. The maximum Gasteiger partial charge on any atom is 0.196 e. The second-order valence-corrected chi connectivity index (χ2v) is 4.83. The number of aromatic nitrogens is 1. The number of ketones is 2. The average molecular weight is 263 g/mol. The topological polar surface area (TPSA) is 60.2 Å². The molecule has 1 heterocycles. The van der Waals surface area contributed by atoms with Crippen molar-refractivity contribution in [1.82, 2.24) is 5.16 Å². The van der Waals surface area contributed by atoms with E-state index >= 15 is 0 Å². The van der Waals surface area contributed by atoms with E-state index < -0.39 is 0 Å². The second-order valence-electron chi connectivity index (χ2n) is 4.83. The smallest absolute Gasteiger partial charge is 0.196 e. The molecule has 20 heavy (non-hydrogen) atoms. The van der Waals surface area contributed by atoms with Gasteiger partial charge in [0, 0.05) is 22.1 Å². The molecule has 96 valence electrons. The molecular weight excluding hydrogens is 254 g/mol. The summed E-state index contributed by atoms with van der Waals surface area (Å²) in [5, 5.41) is 4.71. The third-order valence-electron chi connectivity index (χ3n) is 3.72. The van der Waals surface area contributed by atoms with E-state index in [1.165, 1.54) is 0 Å². The van der Waals surface area contributed by atoms with Crippen LogP contribution in [0.3, 0.4) is 0 Å². The first-order valence-electron chi connectivity index (χ1n) is 6.26. The fourth-order valence-corrected chi connectivity index (χ4v) is 2.71. The molecule has 2 aromatic carbocycles. The van der Waals surface area contributed by atoms with E-state index in [1.807, 2.05) is 0 Å². The van der Waals surface area contributed by atoms with Crippen molar-refractivity contribution in [3.05, 3.63) is 64.4 Å². The summed E-state index contributed by atoms with van der Waals surface area (Å²) in [7, 11) is 0. The normalized spacial score (nSPS) is 13.4. The van der Waals surface area contributed by atoms with E-state index in [4.69, 9.17) is 4.52 Å². The van der Waals surface area contributed by atoms with Crippen LogP contribution in [0.25, 0.3) is 10.9 Å². The van der Waals surface area contributed by atoms with Gasteiger partial charge in [-0.05, 0) is 19.1 Å². The summed E-state index contributed by atoms with van der Waals surface area (Å²) in [6.45, 7) is 1.78. The van der Waals surface area contributed by atoms with E-state index in [0.29, 0.717) is 33.5 Å². The van der Waals surface area contributed by atoms with E-state index in [0.717, 1.165) is 5.39 Å². The maximum absolute atomic E-state index is 12.6. The zero-order valence-electron chi connectivity index (χ0n) is 10.6. The van der Waals surface area contributed by atoms with Crippen LogP contribution in [0.4, 0.5) is 0 Å². The Morgan fingerprint density at radius 3 is 2.35 bits per heavy atom. The molecular formula is C16H9NO3. The van der Waals surface area contributed by atoms with Crippen LogP contribution in [0.2, 0.25) is 0 Å². The highest BCUT2D eigenvalue weighted by molar-refractivity contribution is 6.31. The predicted octanol–water partition coefficient (Wildman–Crippen LogP) is 2.91. The zero-order valence-corrected chi connectivity index (χ0v) is 10.6. The number of hydrogen-bond acceptors (Lipinski definition) is 4. The number of benzene rings is 2. The number of rotatable bonds is 0. The summed E-state index contributed by atoms with van der Waals surface area (Å²) in [5.74, 6) is 0.328. The van der Waals surface area contributed by atoms with E-state index in [-0.39, 0.29) is 11.6 Å². The molecule has 0 amide bonds. The lowest BCUT2D eigenvalue weighted by molar-refractivity contribution is 0.0980. The summed E-state index contributed by atoms with van der Waals surface area (Å²) < 4.78 is 5.14. The summed E-state index contributed by atoms with van der Waals surface area (Å²) >= 11 is 0. The molecule has 1 aromatic heterocycles. The van der Waals surface area contributed by atoms with Gasteiger partial charge in [0.05, 0.1) is 5.56 Å². The van der Waals surface area contributed by atoms with Crippen molar-refractivity contribution >= 4 is 22.5 Å². The largest absolute Gasteiger partial charge is 0.360 e. The predicted molar refractivity (Wildman–Crippen MR) is 72.1 cm³/mol. The molecule has 0 spiro atoms. The molecule has 0 saturated carbocycles. The summed E-state index contributed by atoms with van der Waals surface area (Å²) in [5.41, 5.74) is 2.09. The third kappa shape index (κ3) is 1.23. The van der Waals surface area contributed by atoms with Crippen LogP contribution in [0.1, 0.15) is 37.6 Å². The van der Waals surface area contributed by atoms with Crippen molar-refractivity contribution < 1.29 is 14.1 Å². The fraction of sp³-hybridized carbons (Fsp3) is 0.0625. The lowest BCUT2D eigenvalue weighted by atomic mass is 9.83. The molecule has 0 N–H and O–H groups in total. The van der Waals surface area contributed by atoms with Crippen molar-refractivity contribution in [2.45, 2.75) is 6.92 Å². The molecule has 0 radical (unpaired) electrons. The standard InChI is InChI=1S/C16H9NO3/c1-8-9-6-7-12-13(14(9)17-20-8)16(19)11-5-3-2-4-10(11)15(12)18/h2-7H,1H3. The molecule has 0 bridgehead atoms. The van der Waals surface area contributed by atoms with Gasteiger partial charge in [-0.25, -0.2) is 0 Å². The van der Waals surface area contributed by atoms with Gasteiger partial charge in [-0.1, -0.05) is 29.4 Å². The number of carbonyl (C=O) groups excluding carboxylic acids is 2. The molecule has 4 nitrogen and oxygen atoms in total. The molecule has 0 atom stereocenters. The molecule has 0 unspecified atom stereocenters. The van der Waals surface area contributed by atoms with Crippen LogP contribution in [0.5, 0.6) is 0 Å². The zero-order chi connectivity index (χ0) is 13.9. The van der Waals surface area contributed by atoms with Gasteiger partial charge in [0.25, 0.3) is 0 Å². The van der Waals surface area contributed by atoms with Crippen LogP contribution in [0, 0.1) is 6.92 Å². The molecule has 0 aliphatic heterocycles.